The summed E-state index contributed by atoms with van der Waals surface area (Å²) >= 11 is 0. The van der Waals surface area contributed by atoms with Gasteiger partial charge in [-0.15, -0.1) is 0 Å². The van der Waals surface area contributed by atoms with Gasteiger partial charge in [0.2, 0.25) is 5.82 Å². The van der Waals surface area contributed by atoms with Gasteiger partial charge in [-0.1, -0.05) is 12.8 Å². The summed E-state index contributed by atoms with van der Waals surface area (Å²) in [7, 11) is 0. The fourth-order valence-electron chi connectivity index (χ4n) is 2.24. The minimum Gasteiger partial charge on any atom is -0.376 e. The summed E-state index contributed by atoms with van der Waals surface area (Å²) < 4.78 is 5.66. The maximum absolute atomic E-state index is 10.9. The number of anilines is 1. The number of nitriles is 1. The molecule has 1 aliphatic carbocycles. The highest BCUT2D eigenvalue weighted by atomic mass is 16.6. The van der Waals surface area contributed by atoms with E-state index in [0.717, 1.165) is 12.8 Å². The van der Waals surface area contributed by atoms with E-state index in [-0.39, 0.29) is 17.1 Å². The molecular formula is C13H16N4O3. The Morgan fingerprint density at radius 2 is 2.30 bits per heavy atom. The summed E-state index contributed by atoms with van der Waals surface area (Å²) in [4.78, 5) is 14.3. The number of hydrogen-bond donors (Lipinski definition) is 1. The van der Waals surface area contributed by atoms with Crippen LogP contribution in [0.1, 0.15) is 31.2 Å². The van der Waals surface area contributed by atoms with Crippen molar-refractivity contribution in [2.24, 2.45) is 0 Å². The van der Waals surface area contributed by atoms with Gasteiger partial charge in [0.05, 0.1) is 23.2 Å². The van der Waals surface area contributed by atoms with Crippen molar-refractivity contribution in [3.63, 3.8) is 0 Å². The van der Waals surface area contributed by atoms with Crippen LogP contribution < -0.4 is 5.32 Å². The normalized spacial score (nSPS) is 14.9. The molecule has 0 spiro atoms. The quantitative estimate of drug-likeness (QED) is 0.485. The molecule has 0 saturated heterocycles. The number of aromatic nitrogens is 1. The van der Waals surface area contributed by atoms with Gasteiger partial charge < -0.3 is 10.1 Å². The highest BCUT2D eigenvalue weighted by Crippen LogP contribution is 2.23. The van der Waals surface area contributed by atoms with Crippen LogP contribution >= 0.6 is 0 Å². The van der Waals surface area contributed by atoms with E-state index in [9.17, 15) is 10.1 Å². The van der Waals surface area contributed by atoms with Gasteiger partial charge >= 0.3 is 5.69 Å². The third-order valence-electron chi connectivity index (χ3n) is 3.24. The topological polar surface area (TPSA) is 101 Å². The number of ether oxygens (including phenoxy) is 1. The van der Waals surface area contributed by atoms with Gasteiger partial charge in [0.25, 0.3) is 0 Å². The van der Waals surface area contributed by atoms with Crippen LogP contribution in [0.4, 0.5) is 11.5 Å². The molecule has 0 bridgehead atoms. The van der Waals surface area contributed by atoms with Gasteiger partial charge in [-0.05, 0) is 12.8 Å². The zero-order valence-corrected chi connectivity index (χ0v) is 11.0. The van der Waals surface area contributed by atoms with Crippen LogP contribution in [-0.4, -0.2) is 29.2 Å². The second kappa shape index (κ2) is 6.82. The molecule has 1 N–H and O–H groups in total. The minimum atomic E-state index is -0.548. The van der Waals surface area contributed by atoms with Crippen molar-refractivity contribution < 1.29 is 9.66 Å². The number of pyridine rings is 1. The Morgan fingerprint density at radius 3 is 2.95 bits per heavy atom. The number of nitrogens with one attached hydrogen (secondary N) is 1. The first-order valence-corrected chi connectivity index (χ1v) is 6.60. The van der Waals surface area contributed by atoms with Crippen LogP contribution in [0.15, 0.2) is 12.3 Å². The van der Waals surface area contributed by atoms with Crippen LogP contribution in [0.2, 0.25) is 0 Å². The second-order valence-electron chi connectivity index (χ2n) is 4.66. The minimum absolute atomic E-state index is 0.170. The zero-order valence-electron chi connectivity index (χ0n) is 11.0. The molecule has 0 aliphatic heterocycles. The molecule has 1 saturated carbocycles. The molecule has 0 unspecified atom stereocenters. The van der Waals surface area contributed by atoms with Crippen molar-refractivity contribution in [3.8, 4) is 6.07 Å². The maximum Gasteiger partial charge on any atom is 0.312 e. The number of hydrogen-bond acceptors (Lipinski definition) is 6. The molecule has 7 nitrogen and oxygen atoms in total. The van der Waals surface area contributed by atoms with Crippen LogP contribution in [0.5, 0.6) is 0 Å². The highest BCUT2D eigenvalue weighted by Gasteiger charge is 2.17. The van der Waals surface area contributed by atoms with E-state index in [0.29, 0.717) is 19.3 Å². The van der Waals surface area contributed by atoms with E-state index in [1.807, 2.05) is 6.07 Å². The van der Waals surface area contributed by atoms with E-state index in [4.69, 9.17) is 10.00 Å². The van der Waals surface area contributed by atoms with Crippen molar-refractivity contribution in [3.05, 3.63) is 27.9 Å². The first-order valence-electron chi connectivity index (χ1n) is 6.60. The van der Waals surface area contributed by atoms with Crippen LogP contribution in [0.3, 0.4) is 0 Å². The predicted octanol–water partition coefficient (Wildman–Crippen LogP) is 2.23. The molecule has 2 rings (SSSR count). The summed E-state index contributed by atoms with van der Waals surface area (Å²) in [6.07, 6.45) is 6.24. The van der Waals surface area contributed by atoms with Gasteiger partial charge in [0.15, 0.2) is 0 Å². The Morgan fingerprint density at radius 1 is 1.55 bits per heavy atom. The lowest BCUT2D eigenvalue weighted by Gasteiger charge is -2.11. The Bertz CT molecular complexity index is 521. The molecule has 0 radical (unpaired) electrons. The molecule has 7 heteroatoms. The number of nitrogens with zero attached hydrogens (tertiary/aromatic N) is 3. The van der Waals surface area contributed by atoms with Gasteiger partial charge in [-0.2, -0.15) is 5.26 Å². The fourth-order valence-corrected chi connectivity index (χ4v) is 2.24. The van der Waals surface area contributed by atoms with Crippen LogP contribution in [0, 0.1) is 21.4 Å². The Balaban J connectivity index is 1.88. The lowest BCUT2D eigenvalue weighted by molar-refractivity contribution is -0.384. The Labute approximate surface area is 116 Å². The zero-order chi connectivity index (χ0) is 14.4. The predicted molar refractivity (Wildman–Crippen MR) is 72.3 cm³/mol. The molecule has 1 aliphatic rings. The third-order valence-corrected chi connectivity index (χ3v) is 3.24. The molecule has 0 aromatic carbocycles. The summed E-state index contributed by atoms with van der Waals surface area (Å²) in [5.74, 6) is 0.170. The number of nitro groups is 1. The second-order valence-corrected chi connectivity index (χ2v) is 4.66. The summed E-state index contributed by atoms with van der Waals surface area (Å²) in [5, 5.41) is 22.5. The number of rotatable bonds is 6. The molecule has 20 heavy (non-hydrogen) atoms. The van der Waals surface area contributed by atoms with Crippen molar-refractivity contribution in [1.29, 1.82) is 5.26 Å². The van der Waals surface area contributed by atoms with Crippen LogP contribution in [0.25, 0.3) is 0 Å². The molecule has 1 heterocycles. The Kier molecular flexibility index (Phi) is 4.85. The molecule has 1 fully saturated rings. The summed E-state index contributed by atoms with van der Waals surface area (Å²) in [6.45, 7) is 0.944. The van der Waals surface area contributed by atoms with E-state index in [1.165, 1.54) is 25.1 Å². The maximum atomic E-state index is 10.9. The monoisotopic (exact) mass is 276 g/mol. The smallest absolute Gasteiger partial charge is 0.312 e. The Hall–Kier alpha value is -2.20. The summed E-state index contributed by atoms with van der Waals surface area (Å²) in [5.41, 5.74) is -0.0191. The van der Waals surface area contributed by atoms with Gasteiger partial charge in [0, 0.05) is 18.8 Å². The average Bonchev–Trinajstić information content (AvgIpc) is 2.96. The van der Waals surface area contributed by atoms with Gasteiger partial charge in [-0.3, -0.25) is 10.1 Å². The lowest BCUT2D eigenvalue weighted by Crippen LogP contribution is -2.16. The van der Waals surface area contributed by atoms with Crippen molar-refractivity contribution in [2.75, 3.05) is 18.5 Å². The molecular weight excluding hydrogens is 260 g/mol. The van der Waals surface area contributed by atoms with E-state index in [1.54, 1.807) is 0 Å². The van der Waals surface area contributed by atoms with E-state index in [2.05, 4.69) is 10.3 Å². The SMILES string of the molecule is N#Cc1cnc(NCCOC2CCCC2)c([N+](=O)[O-])c1. The van der Waals surface area contributed by atoms with Gasteiger partial charge in [0.1, 0.15) is 6.07 Å². The lowest BCUT2D eigenvalue weighted by atomic mass is 10.3. The first kappa shape index (κ1) is 14.2. The molecule has 1 aromatic heterocycles. The first-order chi connectivity index (χ1) is 9.70. The molecule has 106 valence electrons. The van der Waals surface area contributed by atoms with E-state index < -0.39 is 4.92 Å². The van der Waals surface area contributed by atoms with E-state index >= 15 is 0 Å². The largest absolute Gasteiger partial charge is 0.376 e. The molecule has 0 amide bonds. The highest BCUT2D eigenvalue weighted by molar-refractivity contribution is 5.58. The fraction of sp³-hybridized carbons (Fsp3) is 0.538. The van der Waals surface area contributed by atoms with Crippen molar-refractivity contribution in [1.82, 2.24) is 4.98 Å². The molecule has 0 atom stereocenters. The average molecular weight is 276 g/mol. The standard InChI is InChI=1S/C13H16N4O3/c14-8-10-7-12(17(18)19)13(16-9-10)15-5-6-20-11-3-1-2-4-11/h7,9,11H,1-6H2,(H,15,16). The third kappa shape index (κ3) is 3.65. The van der Waals surface area contributed by atoms with Gasteiger partial charge in [-0.25, -0.2) is 4.98 Å². The van der Waals surface area contributed by atoms with Crippen molar-refractivity contribution >= 4 is 11.5 Å². The van der Waals surface area contributed by atoms with Crippen LogP contribution in [-0.2, 0) is 4.74 Å². The van der Waals surface area contributed by atoms with Crippen molar-refractivity contribution in [2.45, 2.75) is 31.8 Å². The summed E-state index contributed by atoms with van der Waals surface area (Å²) in [6, 6.07) is 3.05. The molecule has 1 aromatic rings.